The number of carbonyl (C=O) groups excluding carboxylic acids is 1. The lowest BCUT2D eigenvalue weighted by Crippen LogP contribution is -2.42. The van der Waals surface area contributed by atoms with Gasteiger partial charge in [0.2, 0.25) is 5.91 Å². The van der Waals surface area contributed by atoms with Gasteiger partial charge in [-0.25, -0.2) is 4.79 Å². The van der Waals surface area contributed by atoms with Crippen LogP contribution in [0.5, 0.6) is 0 Å². The molecule has 0 radical (unpaired) electrons. The molecule has 1 saturated heterocycles. The molecule has 1 rings (SSSR count). The molecule has 0 spiro atoms. The second-order valence-corrected chi connectivity index (χ2v) is 4.93. The molecular formula is C10H17NO3S. The first-order valence-electron chi connectivity index (χ1n) is 5.16. The Bertz CT molecular complexity index is 257. The number of carboxylic acids is 1. The van der Waals surface area contributed by atoms with Crippen LogP contribution in [-0.4, -0.2) is 39.6 Å². The van der Waals surface area contributed by atoms with Crippen LogP contribution in [-0.2, 0) is 9.59 Å². The van der Waals surface area contributed by atoms with E-state index in [2.05, 4.69) is 0 Å². The molecule has 0 saturated carbocycles. The molecule has 0 aromatic rings. The topological polar surface area (TPSA) is 57.6 Å². The number of carbonyl (C=O) groups is 2. The molecule has 1 amide bonds. The Labute approximate surface area is 94.0 Å². The minimum atomic E-state index is -0.891. The normalized spacial score (nSPS) is 22.8. The highest BCUT2D eigenvalue weighted by Crippen LogP contribution is 2.23. The lowest BCUT2D eigenvalue weighted by Gasteiger charge is -2.21. The summed E-state index contributed by atoms with van der Waals surface area (Å²) in [5, 5.41) is 8.92. The highest BCUT2D eigenvalue weighted by Gasteiger charge is 2.34. The predicted octanol–water partition coefficient (Wildman–Crippen LogP) is 1.41. The first-order chi connectivity index (χ1) is 7.06. The van der Waals surface area contributed by atoms with E-state index in [0.717, 1.165) is 6.42 Å². The van der Waals surface area contributed by atoms with Gasteiger partial charge >= 0.3 is 5.97 Å². The van der Waals surface area contributed by atoms with Gasteiger partial charge < -0.3 is 10.0 Å². The Morgan fingerprint density at radius 2 is 2.27 bits per heavy atom. The van der Waals surface area contributed by atoms with Gasteiger partial charge in [-0.3, -0.25) is 4.79 Å². The van der Waals surface area contributed by atoms with Gasteiger partial charge in [0.25, 0.3) is 0 Å². The number of rotatable bonds is 4. The molecule has 1 fully saturated rings. The van der Waals surface area contributed by atoms with Crippen molar-refractivity contribution in [2.24, 2.45) is 5.92 Å². The molecule has 0 aliphatic carbocycles. The quantitative estimate of drug-likeness (QED) is 0.794. The molecule has 86 valence electrons. The van der Waals surface area contributed by atoms with Gasteiger partial charge in [0.1, 0.15) is 6.04 Å². The summed E-state index contributed by atoms with van der Waals surface area (Å²) in [5.74, 6) is 0.449. The van der Waals surface area contributed by atoms with E-state index in [4.69, 9.17) is 5.11 Å². The zero-order valence-electron chi connectivity index (χ0n) is 9.10. The summed E-state index contributed by atoms with van der Waals surface area (Å²) < 4.78 is 0. The van der Waals surface area contributed by atoms with Gasteiger partial charge in [-0.2, -0.15) is 0 Å². The lowest BCUT2D eigenvalue weighted by molar-refractivity contribution is -0.148. The third-order valence-electron chi connectivity index (χ3n) is 2.71. The molecule has 0 bridgehead atoms. The van der Waals surface area contributed by atoms with Gasteiger partial charge in [-0.15, -0.1) is 11.8 Å². The van der Waals surface area contributed by atoms with Crippen molar-refractivity contribution in [2.45, 2.75) is 32.7 Å². The summed E-state index contributed by atoms with van der Waals surface area (Å²) in [6.45, 7) is 4.04. The first-order valence-corrected chi connectivity index (χ1v) is 6.31. The molecule has 15 heavy (non-hydrogen) atoms. The number of nitrogens with zero attached hydrogens (tertiary/aromatic N) is 1. The average molecular weight is 231 g/mol. The van der Waals surface area contributed by atoms with Crippen molar-refractivity contribution >= 4 is 23.6 Å². The highest BCUT2D eigenvalue weighted by molar-refractivity contribution is 7.99. The molecule has 0 aromatic carbocycles. The van der Waals surface area contributed by atoms with E-state index in [-0.39, 0.29) is 5.91 Å². The Kier molecular flexibility index (Phi) is 4.45. The van der Waals surface area contributed by atoms with Gasteiger partial charge in [0.05, 0.1) is 5.88 Å². The van der Waals surface area contributed by atoms with Crippen LogP contribution in [0.25, 0.3) is 0 Å². The van der Waals surface area contributed by atoms with Crippen molar-refractivity contribution in [1.29, 1.82) is 0 Å². The van der Waals surface area contributed by atoms with Gasteiger partial charge in [-0.1, -0.05) is 20.3 Å². The second kappa shape index (κ2) is 5.39. The third kappa shape index (κ3) is 3.12. The van der Waals surface area contributed by atoms with Crippen molar-refractivity contribution in [2.75, 3.05) is 11.6 Å². The molecule has 2 atom stereocenters. The van der Waals surface area contributed by atoms with Crippen molar-refractivity contribution in [3.8, 4) is 0 Å². The molecule has 5 heteroatoms. The molecule has 1 N–H and O–H groups in total. The van der Waals surface area contributed by atoms with Crippen molar-refractivity contribution in [3.05, 3.63) is 0 Å². The van der Waals surface area contributed by atoms with Gasteiger partial charge in [-0.05, 0) is 5.92 Å². The van der Waals surface area contributed by atoms with E-state index in [1.165, 1.54) is 16.7 Å². The van der Waals surface area contributed by atoms with Gasteiger partial charge in [0.15, 0.2) is 0 Å². The molecular weight excluding hydrogens is 214 g/mol. The van der Waals surface area contributed by atoms with Crippen LogP contribution in [0.4, 0.5) is 0 Å². The van der Waals surface area contributed by atoms with Crippen LogP contribution in [0.1, 0.15) is 26.7 Å². The Morgan fingerprint density at radius 1 is 1.60 bits per heavy atom. The number of hydrogen-bond acceptors (Lipinski definition) is 3. The predicted molar refractivity (Wildman–Crippen MR) is 59.7 cm³/mol. The number of aliphatic carboxylic acids is 1. The van der Waals surface area contributed by atoms with E-state index in [1.54, 1.807) is 0 Å². The maximum absolute atomic E-state index is 11.8. The lowest BCUT2D eigenvalue weighted by atomic mass is 10.0. The average Bonchev–Trinajstić information content (AvgIpc) is 2.65. The van der Waals surface area contributed by atoms with Crippen LogP contribution in [0.3, 0.4) is 0 Å². The first kappa shape index (κ1) is 12.4. The summed E-state index contributed by atoms with van der Waals surface area (Å²) in [5.41, 5.74) is 0. The fourth-order valence-electron chi connectivity index (χ4n) is 1.45. The summed E-state index contributed by atoms with van der Waals surface area (Å²) >= 11 is 1.51. The van der Waals surface area contributed by atoms with Crippen LogP contribution >= 0.6 is 11.8 Å². The summed E-state index contributed by atoms with van der Waals surface area (Å²) in [7, 11) is 0. The largest absolute Gasteiger partial charge is 0.480 e. The van der Waals surface area contributed by atoms with Gasteiger partial charge in [0, 0.05) is 12.2 Å². The number of thioether (sulfide) groups is 1. The van der Waals surface area contributed by atoms with Crippen LogP contribution < -0.4 is 0 Å². The van der Waals surface area contributed by atoms with Crippen LogP contribution in [0, 0.1) is 5.92 Å². The summed E-state index contributed by atoms with van der Waals surface area (Å²) in [6.07, 6.45) is 1.41. The zero-order valence-corrected chi connectivity index (χ0v) is 9.92. The van der Waals surface area contributed by atoms with Crippen LogP contribution in [0.2, 0.25) is 0 Å². The molecule has 1 heterocycles. The maximum Gasteiger partial charge on any atom is 0.327 e. The van der Waals surface area contributed by atoms with E-state index in [1.807, 2.05) is 13.8 Å². The van der Waals surface area contributed by atoms with Crippen LogP contribution in [0.15, 0.2) is 0 Å². The third-order valence-corrected chi connectivity index (χ3v) is 3.72. The monoisotopic (exact) mass is 231 g/mol. The fourth-order valence-corrected chi connectivity index (χ4v) is 2.62. The SMILES string of the molecule is CCC(C)CC(=O)N1CSCC1C(=O)O. The second-order valence-electron chi connectivity index (χ2n) is 3.93. The van der Waals surface area contributed by atoms with Crippen molar-refractivity contribution in [1.82, 2.24) is 4.90 Å². The molecule has 4 nitrogen and oxygen atoms in total. The molecule has 1 aliphatic rings. The minimum absolute atomic E-state index is 0.0262. The minimum Gasteiger partial charge on any atom is -0.480 e. The summed E-state index contributed by atoms with van der Waals surface area (Å²) in [6, 6.07) is -0.619. The zero-order chi connectivity index (χ0) is 11.4. The van der Waals surface area contributed by atoms with Crippen molar-refractivity contribution in [3.63, 3.8) is 0 Å². The standard InChI is InChI=1S/C10H17NO3S/c1-3-7(2)4-9(12)11-6-15-5-8(11)10(13)14/h7-8H,3-6H2,1-2H3,(H,13,14). The Hall–Kier alpha value is -0.710. The maximum atomic E-state index is 11.8. The highest BCUT2D eigenvalue weighted by atomic mass is 32.2. The number of amides is 1. The van der Waals surface area contributed by atoms with Crippen molar-refractivity contribution < 1.29 is 14.7 Å². The van der Waals surface area contributed by atoms with E-state index in [0.29, 0.717) is 24.0 Å². The molecule has 0 aromatic heterocycles. The number of hydrogen-bond donors (Lipinski definition) is 1. The van der Waals surface area contributed by atoms with E-state index < -0.39 is 12.0 Å². The molecule has 2 unspecified atom stereocenters. The van der Waals surface area contributed by atoms with E-state index in [9.17, 15) is 9.59 Å². The smallest absolute Gasteiger partial charge is 0.327 e. The Morgan fingerprint density at radius 3 is 2.80 bits per heavy atom. The van der Waals surface area contributed by atoms with E-state index >= 15 is 0 Å². The fraction of sp³-hybridized carbons (Fsp3) is 0.800. The number of carboxylic acid groups (broad SMARTS) is 1. The summed E-state index contributed by atoms with van der Waals surface area (Å²) in [4.78, 5) is 24.1. The Balaban J connectivity index is 2.55. The molecule has 1 aliphatic heterocycles.